The minimum absolute atomic E-state index is 0.0277. The molecule has 0 bridgehead atoms. The molecule has 47 heavy (non-hydrogen) atoms. The van der Waals surface area contributed by atoms with Gasteiger partial charge in [0, 0.05) is 50.3 Å². The number of methoxy groups -OCH3 is 2. The van der Waals surface area contributed by atoms with Gasteiger partial charge in [0.2, 0.25) is 5.91 Å². The van der Waals surface area contributed by atoms with Gasteiger partial charge in [-0.3, -0.25) is 25.0 Å². The van der Waals surface area contributed by atoms with Crippen LogP contribution in [0.15, 0.2) is 36.4 Å². The van der Waals surface area contributed by atoms with Gasteiger partial charge in [0.25, 0.3) is 11.4 Å². The molecule has 1 unspecified atom stereocenters. The van der Waals surface area contributed by atoms with E-state index in [0.717, 1.165) is 32.1 Å². The minimum Gasteiger partial charge on any atom is -0.494 e. The fourth-order valence-electron chi connectivity index (χ4n) is 4.77. The van der Waals surface area contributed by atoms with E-state index in [0.29, 0.717) is 19.5 Å². The zero-order valence-corrected chi connectivity index (χ0v) is 25.6. The summed E-state index contributed by atoms with van der Waals surface area (Å²) in [6.45, 7) is 0.827. The summed E-state index contributed by atoms with van der Waals surface area (Å²) in [5, 5.41) is 38.5. The number of anilines is 2. The van der Waals surface area contributed by atoms with Gasteiger partial charge in [-0.2, -0.15) is 0 Å². The molecule has 0 radical (unpaired) electrons. The number of nitro benzene ring substituents is 2. The molecule has 17 heteroatoms. The monoisotopic (exact) mass is 654 g/mol. The summed E-state index contributed by atoms with van der Waals surface area (Å²) in [7, 11) is 2.44. The second-order valence-corrected chi connectivity index (χ2v) is 10.1. The van der Waals surface area contributed by atoms with Crippen molar-refractivity contribution in [1.82, 2.24) is 4.90 Å². The Morgan fingerprint density at radius 1 is 1.00 bits per heavy atom. The molecule has 1 atom stereocenters. The molecule has 1 saturated heterocycles. The Morgan fingerprint density at radius 3 is 2.15 bits per heavy atom. The average Bonchev–Trinajstić information content (AvgIpc) is 3.05. The van der Waals surface area contributed by atoms with Crippen molar-refractivity contribution in [2.24, 2.45) is 11.7 Å². The van der Waals surface area contributed by atoms with Crippen molar-refractivity contribution < 1.29 is 43.5 Å². The van der Waals surface area contributed by atoms with E-state index in [1.165, 1.54) is 24.1 Å². The second-order valence-electron chi connectivity index (χ2n) is 10.1. The lowest BCUT2D eigenvalue weighted by molar-refractivity contribution is -0.384. The molecule has 0 saturated carbocycles. The standard InChI is InChI=1S/C30H34N6O11/c1-45-24-17-21(29(38)46-2)15-23(36(43)44)26(24)32-10-4-5-11-33-27-22(35(41)42)14-20(28(31)37)16-25(27)47-13-6-3-8-19-9-7-12-34(18-19)30(39)40/h4-5,14-17,19,32-33H,7-13,18H2,1-2H3,(H2,31,37)(H,39,40). The molecule has 1 aliphatic rings. The number of rotatable bonds is 14. The number of benzene rings is 2. The minimum atomic E-state index is -0.969. The maximum Gasteiger partial charge on any atom is 0.407 e. The number of nitrogens with two attached hydrogens (primary N) is 1. The molecule has 250 valence electrons. The molecule has 1 fully saturated rings. The van der Waals surface area contributed by atoms with Crippen LogP contribution in [0.3, 0.4) is 0 Å². The molecule has 0 aromatic heterocycles. The number of amides is 2. The molecule has 1 heterocycles. The Hall–Kier alpha value is -6.05. The van der Waals surface area contributed by atoms with E-state index in [-0.39, 0.29) is 59.6 Å². The number of hydrogen-bond acceptors (Lipinski definition) is 12. The molecular weight excluding hydrogens is 620 g/mol. The van der Waals surface area contributed by atoms with Crippen molar-refractivity contribution in [2.75, 3.05) is 57.6 Å². The smallest absolute Gasteiger partial charge is 0.407 e. The molecule has 1 aliphatic heterocycles. The third-order valence-corrected chi connectivity index (χ3v) is 7.05. The number of piperidine rings is 1. The normalized spacial score (nSPS) is 14.0. The largest absolute Gasteiger partial charge is 0.494 e. The highest BCUT2D eigenvalue weighted by Gasteiger charge is 2.25. The predicted octanol–water partition coefficient (Wildman–Crippen LogP) is 3.64. The third kappa shape index (κ3) is 9.72. The molecule has 2 aromatic rings. The fraction of sp³-hybridized carbons (Fsp3) is 0.367. The van der Waals surface area contributed by atoms with Crippen molar-refractivity contribution >= 4 is 40.7 Å². The number of nitrogens with one attached hydrogen (secondary N) is 2. The number of nitrogens with zero attached hydrogens (tertiary/aromatic N) is 3. The zero-order chi connectivity index (χ0) is 34.5. The first-order valence-corrected chi connectivity index (χ1v) is 14.2. The van der Waals surface area contributed by atoms with Crippen LogP contribution in [-0.4, -0.2) is 84.8 Å². The SMILES string of the molecule is COC(=O)c1cc(OC)c(NCC=CCNc2c(OCC#CCC3CCCN(C(=O)O)C3)cc(C(N)=O)cc2[N+](=O)[O-])c([N+](=O)[O-])c1. The van der Waals surface area contributed by atoms with Crippen molar-refractivity contribution in [1.29, 1.82) is 0 Å². The number of nitro groups is 2. The molecule has 17 nitrogen and oxygen atoms in total. The Kier molecular flexibility index (Phi) is 12.7. The first-order chi connectivity index (χ1) is 22.5. The molecule has 3 rings (SSSR count). The van der Waals surface area contributed by atoms with Crippen LogP contribution < -0.4 is 25.8 Å². The quantitative estimate of drug-likeness (QED) is 0.0749. The van der Waals surface area contributed by atoms with Gasteiger partial charge < -0.3 is 40.6 Å². The highest BCUT2D eigenvalue weighted by atomic mass is 16.6. The number of esters is 1. The number of likely N-dealkylation sites (tertiary alicyclic amines) is 1. The molecular formula is C30H34N6O11. The highest BCUT2D eigenvalue weighted by Crippen LogP contribution is 2.37. The molecule has 0 aliphatic carbocycles. The van der Waals surface area contributed by atoms with Crippen molar-refractivity contribution in [3.8, 4) is 23.3 Å². The molecule has 2 aromatic carbocycles. The summed E-state index contributed by atoms with van der Waals surface area (Å²) in [4.78, 5) is 58.5. The first-order valence-electron chi connectivity index (χ1n) is 14.2. The topological polar surface area (TPSA) is 239 Å². The van der Waals surface area contributed by atoms with E-state index in [9.17, 15) is 39.7 Å². The first kappa shape index (κ1) is 35.4. The van der Waals surface area contributed by atoms with E-state index in [4.69, 9.17) is 15.2 Å². The van der Waals surface area contributed by atoms with E-state index >= 15 is 0 Å². The van der Waals surface area contributed by atoms with Crippen LogP contribution in [0.4, 0.5) is 27.5 Å². The van der Waals surface area contributed by atoms with E-state index in [1.54, 1.807) is 12.2 Å². The van der Waals surface area contributed by atoms with E-state index in [2.05, 4.69) is 27.2 Å². The van der Waals surface area contributed by atoms with E-state index in [1.807, 2.05) is 0 Å². The zero-order valence-electron chi connectivity index (χ0n) is 25.6. The van der Waals surface area contributed by atoms with Gasteiger partial charge in [-0.25, -0.2) is 9.59 Å². The van der Waals surface area contributed by atoms with Crippen molar-refractivity contribution in [3.63, 3.8) is 0 Å². The highest BCUT2D eigenvalue weighted by molar-refractivity contribution is 5.96. The van der Waals surface area contributed by atoms with Gasteiger partial charge in [0.1, 0.15) is 12.4 Å². The van der Waals surface area contributed by atoms with Gasteiger partial charge in [0.05, 0.1) is 29.6 Å². The summed E-state index contributed by atoms with van der Waals surface area (Å²) in [5.74, 6) is 4.20. The number of carbonyl (C=O) groups excluding carboxylic acids is 2. The van der Waals surface area contributed by atoms with Crippen LogP contribution in [0, 0.1) is 38.0 Å². The van der Waals surface area contributed by atoms with Crippen LogP contribution in [0.1, 0.15) is 40.0 Å². The van der Waals surface area contributed by atoms with Gasteiger partial charge >= 0.3 is 12.1 Å². The Bertz CT molecular complexity index is 1620. The molecule has 5 N–H and O–H groups in total. The Balaban J connectivity index is 1.70. The maximum atomic E-state index is 11.9. The van der Waals surface area contributed by atoms with Crippen molar-refractivity contribution in [2.45, 2.75) is 19.3 Å². The van der Waals surface area contributed by atoms with Crippen LogP contribution in [-0.2, 0) is 4.74 Å². The lowest BCUT2D eigenvalue weighted by Crippen LogP contribution is -2.38. The lowest BCUT2D eigenvalue weighted by Gasteiger charge is -2.29. The second kappa shape index (κ2) is 16.9. The van der Waals surface area contributed by atoms with E-state index < -0.39 is 39.2 Å². The number of hydrogen-bond donors (Lipinski definition) is 4. The fourth-order valence-corrected chi connectivity index (χ4v) is 4.77. The van der Waals surface area contributed by atoms with Gasteiger partial charge in [-0.05, 0) is 30.9 Å². The molecule has 0 spiro atoms. The summed E-state index contributed by atoms with van der Waals surface area (Å²) in [5.41, 5.74) is 4.29. The van der Waals surface area contributed by atoms with Crippen LogP contribution in [0.5, 0.6) is 11.5 Å². The summed E-state index contributed by atoms with van der Waals surface area (Å²) in [6.07, 6.45) is 4.25. The summed E-state index contributed by atoms with van der Waals surface area (Å²) < 4.78 is 15.6. The maximum absolute atomic E-state index is 11.9. The Morgan fingerprint density at radius 2 is 1.60 bits per heavy atom. The number of carboxylic acid groups (broad SMARTS) is 1. The predicted molar refractivity (Wildman–Crippen MR) is 169 cm³/mol. The van der Waals surface area contributed by atoms with Gasteiger partial charge in [0.15, 0.2) is 17.1 Å². The number of ether oxygens (including phenoxy) is 3. The van der Waals surface area contributed by atoms with Crippen LogP contribution in [0.2, 0.25) is 0 Å². The van der Waals surface area contributed by atoms with Crippen molar-refractivity contribution in [3.05, 3.63) is 67.8 Å². The van der Waals surface area contributed by atoms with Crippen LogP contribution in [0.25, 0.3) is 0 Å². The third-order valence-electron chi connectivity index (χ3n) is 7.05. The summed E-state index contributed by atoms with van der Waals surface area (Å²) >= 11 is 0. The summed E-state index contributed by atoms with van der Waals surface area (Å²) in [6, 6.07) is 4.65. The average molecular weight is 655 g/mol. The van der Waals surface area contributed by atoms with Gasteiger partial charge in [-0.15, -0.1) is 0 Å². The lowest BCUT2D eigenvalue weighted by atomic mass is 9.95. The molecule has 2 amide bonds. The van der Waals surface area contributed by atoms with Gasteiger partial charge in [-0.1, -0.05) is 24.0 Å². The Labute approximate surface area is 268 Å². The number of primary amides is 1. The number of carbonyl (C=O) groups is 3. The van der Waals surface area contributed by atoms with Crippen LogP contribution >= 0.6 is 0 Å².